The topological polar surface area (TPSA) is 56.1 Å². The van der Waals surface area contributed by atoms with Crippen molar-refractivity contribution in [2.75, 3.05) is 13.2 Å². The molecule has 0 aliphatic carbocycles. The smallest absolute Gasteiger partial charge is 0.254 e. The van der Waals surface area contributed by atoms with Gasteiger partial charge in [0.25, 0.3) is 5.91 Å². The average Bonchev–Trinajstić information content (AvgIpc) is 3.23. The molecule has 2 aromatic rings. The highest BCUT2D eigenvalue weighted by molar-refractivity contribution is 5.95. The number of aromatic nitrogens is 2. The van der Waals surface area contributed by atoms with Crippen LogP contribution >= 0.6 is 0 Å². The predicted octanol–water partition coefficient (Wildman–Crippen LogP) is 2.40. The van der Waals surface area contributed by atoms with Crippen molar-refractivity contribution in [3.8, 4) is 0 Å². The maximum absolute atomic E-state index is 12.4. The van der Waals surface area contributed by atoms with E-state index >= 15 is 0 Å². The Morgan fingerprint density at radius 1 is 1.39 bits per heavy atom. The minimum Gasteiger partial charge on any atom is -0.376 e. The molecule has 3 rings (SSSR count). The van der Waals surface area contributed by atoms with E-state index in [0.717, 1.165) is 31.6 Å². The summed E-state index contributed by atoms with van der Waals surface area (Å²) >= 11 is 0. The van der Waals surface area contributed by atoms with Crippen LogP contribution in [0.3, 0.4) is 0 Å². The summed E-state index contributed by atoms with van der Waals surface area (Å²) in [5, 5.41) is 7.38. The highest BCUT2D eigenvalue weighted by Gasteiger charge is 2.19. The van der Waals surface area contributed by atoms with Gasteiger partial charge in [0, 0.05) is 13.2 Å². The molecule has 5 heteroatoms. The van der Waals surface area contributed by atoms with E-state index in [2.05, 4.69) is 29.5 Å². The van der Waals surface area contributed by atoms with Crippen LogP contribution in [0.15, 0.2) is 36.5 Å². The Morgan fingerprint density at radius 3 is 2.91 bits per heavy atom. The fourth-order valence-corrected chi connectivity index (χ4v) is 2.97. The monoisotopic (exact) mass is 313 g/mol. The SMILES string of the molecule is CCc1c(C(=O)NC[C@@H]2CCCO2)cnn1Cc1ccccc1. The number of hydrogen-bond donors (Lipinski definition) is 1. The van der Waals surface area contributed by atoms with Crippen molar-refractivity contribution in [1.29, 1.82) is 0 Å². The van der Waals surface area contributed by atoms with Gasteiger partial charge in [0.1, 0.15) is 0 Å². The van der Waals surface area contributed by atoms with Gasteiger partial charge in [-0.3, -0.25) is 9.48 Å². The number of benzene rings is 1. The Hall–Kier alpha value is -2.14. The van der Waals surface area contributed by atoms with Crippen LogP contribution in [-0.2, 0) is 17.7 Å². The molecule has 1 fully saturated rings. The quantitative estimate of drug-likeness (QED) is 0.891. The fraction of sp³-hybridized carbons (Fsp3) is 0.444. The normalized spacial score (nSPS) is 17.3. The Morgan fingerprint density at radius 2 is 2.22 bits per heavy atom. The first-order valence-electron chi connectivity index (χ1n) is 8.26. The summed E-state index contributed by atoms with van der Waals surface area (Å²) in [6.07, 6.45) is 4.70. The van der Waals surface area contributed by atoms with Crippen molar-refractivity contribution < 1.29 is 9.53 Å². The van der Waals surface area contributed by atoms with Gasteiger partial charge in [-0.15, -0.1) is 0 Å². The first-order valence-corrected chi connectivity index (χ1v) is 8.26. The fourth-order valence-electron chi connectivity index (χ4n) is 2.97. The van der Waals surface area contributed by atoms with Crippen LogP contribution in [0, 0.1) is 0 Å². The molecule has 122 valence electrons. The Balaban J connectivity index is 1.68. The van der Waals surface area contributed by atoms with Crippen LogP contribution in [0.2, 0.25) is 0 Å². The zero-order valence-electron chi connectivity index (χ0n) is 13.5. The second-order valence-corrected chi connectivity index (χ2v) is 5.85. The van der Waals surface area contributed by atoms with E-state index in [-0.39, 0.29) is 12.0 Å². The molecule has 1 N–H and O–H groups in total. The molecule has 0 bridgehead atoms. The number of hydrogen-bond acceptors (Lipinski definition) is 3. The molecule has 1 aromatic carbocycles. The van der Waals surface area contributed by atoms with Gasteiger partial charge in [0.15, 0.2) is 0 Å². The van der Waals surface area contributed by atoms with Crippen molar-refractivity contribution >= 4 is 5.91 Å². The zero-order valence-corrected chi connectivity index (χ0v) is 13.5. The van der Waals surface area contributed by atoms with Gasteiger partial charge in [-0.2, -0.15) is 5.10 Å². The summed E-state index contributed by atoms with van der Waals surface area (Å²) in [7, 11) is 0. The van der Waals surface area contributed by atoms with E-state index in [1.165, 1.54) is 5.56 Å². The number of ether oxygens (including phenoxy) is 1. The van der Waals surface area contributed by atoms with Crippen LogP contribution in [0.25, 0.3) is 0 Å². The third kappa shape index (κ3) is 3.79. The highest BCUT2D eigenvalue weighted by atomic mass is 16.5. The lowest BCUT2D eigenvalue weighted by Crippen LogP contribution is -2.32. The standard InChI is InChI=1S/C18H23N3O2/c1-2-17-16(18(22)19-11-15-9-6-10-23-15)12-20-21(17)13-14-7-4-3-5-8-14/h3-5,7-8,12,15H,2,6,9-11,13H2,1H3,(H,19,22)/t15-/m0/s1. The van der Waals surface area contributed by atoms with Crippen LogP contribution in [0.1, 0.15) is 41.4 Å². The number of amides is 1. The van der Waals surface area contributed by atoms with E-state index in [1.807, 2.05) is 22.9 Å². The average molecular weight is 313 g/mol. The molecular weight excluding hydrogens is 290 g/mol. The van der Waals surface area contributed by atoms with Crippen LogP contribution in [0.5, 0.6) is 0 Å². The summed E-state index contributed by atoms with van der Waals surface area (Å²) in [5.74, 6) is -0.0586. The van der Waals surface area contributed by atoms with E-state index < -0.39 is 0 Å². The van der Waals surface area contributed by atoms with E-state index in [4.69, 9.17) is 4.74 Å². The Bertz CT molecular complexity index is 646. The molecule has 0 radical (unpaired) electrons. The summed E-state index contributed by atoms with van der Waals surface area (Å²) in [5.41, 5.74) is 2.82. The van der Waals surface area contributed by atoms with Crippen molar-refractivity contribution in [1.82, 2.24) is 15.1 Å². The number of rotatable bonds is 6. The summed E-state index contributed by atoms with van der Waals surface area (Å²) in [4.78, 5) is 12.4. The van der Waals surface area contributed by atoms with Gasteiger partial charge in [0.05, 0.1) is 30.1 Å². The summed E-state index contributed by atoms with van der Waals surface area (Å²) in [6.45, 7) is 4.11. The third-order valence-electron chi connectivity index (χ3n) is 4.22. The molecule has 1 amide bonds. The van der Waals surface area contributed by atoms with E-state index in [9.17, 15) is 4.79 Å². The molecule has 2 heterocycles. The minimum absolute atomic E-state index is 0.0586. The van der Waals surface area contributed by atoms with Crippen molar-refractivity contribution in [3.05, 3.63) is 53.3 Å². The molecule has 23 heavy (non-hydrogen) atoms. The minimum atomic E-state index is -0.0586. The van der Waals surface area contributed by atoms with E-state index in [1.54, 1.807) is 6.20 Å². The van der Waals surface area contributed by atoms with Gasteiger partial charge in [-0.05, 0) is 24.8 Å². The third-order valence-corrected chi connectivity index (χ3v) is 4.22. The van der Waals surface area contributed by atoms with Crippen LogP contribution in [0.4, 0.5) is 0 Å². The van der Waals surface area contributed by atoms with Gasteiger partial charge in [-0.25, -0.2) is 0 Å². The molecule has 1 aliphatic heterocycles. The maximum atomic E-state index is 12.4. The molecule has 0 saturated carbocycles. The molecule has 1 aromatic heterocycles. The largest absolute Gasteiger partial charge is 0.376 e. The maximum Gasteiger partial charge on any atom is 0.254 e. The number of carbonyl (C=O) groups is 1. The molecule has 0 spiro atoms. The van der Waals surface area contributed by atoms with Crippen LogP contribution < -0.4 is 5.32 Å². The highest BCUT2D eigenvalue weighted by Crippen LogP contribution is 2.14. The number of nitrogens with one attached hydrogen (secondary N) is 1. The van der Waals surface area contributed by atoms with Crippen molar-refractivity contribution in [3.63, 3.8) is 0 Å². The van der Waals surface area contributed by atoms with Crippen molar-refractivity contribution in [2.45, 2.75) is 38.8 Å². The van der Waals surface area contributed by atoms with Crippen LogP contribution in [-0.4, -0.2) is 34.9 Å². The summed E-state index contributed by atoms with van der Waals surface area (Å²) < 4.78 is 7.46. The number of carbonyl (C=O) groups excluding carboxylic acids is 1. The van der Waals surface area contributed by atoms with Gasteiger partial charge >= 0.3 is 0 Å². The first-order chi connectivity index (χ1) is 11.3. The van der Waals surface area contributed by atoms with Gasteiger partial charge < -0.3 is 10.1 Å². The van der Waals surface area contributed by atoms with Gasteiger partial charge in [-0.1, -0.05) is 37.3 Å². The summed E-state index contributed by atoms with van der Waals surface area (Å²) in [6, 6.07) is 10.2. The lowest BCUT2D eigenvalue weighted by atomic mass is 10.1. The van der Waals surface area contributed by atoms with Gasteiger partial charge in [0.2, 0.25) is 0 Å². The lowest BCUT2D eigenvalue weighted by Gasteiger charge is -2.11. The molecule has 1 saturated heterocycles. The number of nitrogens with zero attached hydrogens (tertiary/aromatic N) is 2. The molecule has 5 nitrogen and oxygen atoms in total. The van der Waals surface area contributed by atoms with E-state index in [0.29, 0.717) is 18.7 Å². The zero-order chi connectivity index (χ0) is 16.1. The second-order valence-electron chi connectivity index (χ2n) is 5.85. The second kappa shape index (κ2) is 7.42. The lowest BCUT2D eigenvalue weighted by molar-refractivity contribution is 0.0857. The predicted molar refractivity (Wildman–Crippen MR) is 88.5 cm³/mol. The Labute approximate surface area is 136 Å². The van der Waals surface area contributed by atoms with Crippen molar-refractivity contribution in [2.24, 2.45) is 0 Å². The molecular formula is C18H23N3O2. The molecule has 1 aliphatic rings. The first kappa shape index (κ1) is 15.7. The molecule has 0 unspecified atom stereocenters. The molecule has 1 atom stereocenters. The Kier molecular flexibility index (Phi) is 5.08.